The molecule has 0 unspecified atom stereocenters. The summed E-state index contributed by atoms with van der Waals surface area (Å²) in [6.07, 6.45) is 1.70. The van der Waals surface area contributed by atoms with Crippen LogP contribution in [-0.4, -0.2) is 61.8 Å². The topological polar surface area (TPSA) is 87.1 Å². The lowest BCUT2D eigenvalue weighted by Crippen LogP contribution is -2.28. The van der Waals surface area contributed by atoms with E-state index in [-0.39, 0.29) is 17.1 Å². The van der Waals surface area contributed by atoms with Gasteiger partial charge in [-0.05, 0) is 50.6 Å². The highest BCUT2D eigenvalue weighted by atomic mass is 16.5. The summed E-state index contributed by atoms with van der Waals surface area (Å²) in [4.78, 5) is 39.6. The smallest absolute Gasteiger partial charge is 0.340 e. The summed E-state index contributed by atoms with van der Waals surface area (Å²) in [5.41, 5.74) is 4.53. The van der Waals surface area contributed by atoms with Crippen molar-refractivity contribution in [3.63, 3.8) is 0 Å². The Kier molecular flexibility index (Phi) is 7.18. The number of para-hydroxylation sites is 1. The van der Waals surface area contributed by atoms with Crippen molar-refractivity contribution in [2.45, 2.75) is 20.8 Å². The molecule has 1 aromatic heterocycles. The molecule has 1 aromatic carbocycles. The fraction of sp³-hybridized carbons (Fsp3) is 0.320. The van der Waals surface area contributed by atoms with Crippen molar-refractivity contribution in [3.05, 3.63) is 69.7 Å². The lowest BCUT2D eigenvalue weighted by molar-refractivity contribution is -0.136. The van der Waals surface area contributed by atoms with E-state index in [0.717, 1.165) is 17.0 Å². The van der Waals surface area contributed by atoms with Gasteiger partial charge in [-0.1, -0.05) is 12.1 Å². The van der Waals surface area contributed by atoms with Gasteiger partial charge in [0, 0.05) is 30.7 Å². The summed E-state index contributed by atoms with van der Waals surface area (Å²) < 4.78 is 16.9. The number of aromatic nitrogens is 1. The van der Waals surface area contributed by atoms with Gasteiger partial charge in [-0.25, -0.2) is 9.59 Å². The molecule has 0 atom stereocenters. The first-order chi connectivity index (χ1) is 15.8. The summed E-state index contributed by atoms with van der Waals surface area (Å²) in [6.45, 7) is 6.18. The first-order valence-electron chi connectivity index (χ1n) is 10.5. The minimum Gasteiger partial charge on any atom is -0.465 e. The molecule has 1 amide bonds. The Balaban J connectivity index is 2.14. The number of ether oxygens (including phenoxy) is 3. The van der Waals surface area contributed by atoms with E-state index in [4.69, 9.17) is 14.2 Å². The van der Waals surface area contributed by atoms with Gasteiger partial charge in [-0.15, -0.1) is 0 Å². The Hall–Kier alpha value is -3.65. The Morgan fingerprint density at radius 3 is 2.30 bits per heavy atom. The van der Waals surface area contributed by atoms with Gasteiger partial charge in [0.1, 0.15) is 0 Å². The lowest BCUT2D eigenvalue weighted by atomic mass is 10.0. The molecule has 33 heavy (non-hydrogen) atoms. The van der Waals surface area contributed by atoms with Gasteiger partial charge in [0.2, 0.25) is 0 Å². The Bertz CT molecular complexity index is 1170. The molecule has 0 saturated carbocycles. The van der Waals surface area contributed by atoms with Crippen molar-refractivity contribution in [2.24, 2.45) is 0 Å². The van der Waals surface area contributed by atoms with Crippen molar-refractivity contribution < 1.29 is 28.6 Å². The lowest BCUT2D eigenvalue weighted by Gasteiger charge is -2.16. The number of aryl methyl sites for hydroxylation is 1. The molecule has 3 rings (SSSR count). The first-order valence-corrected chi connectivity index (χ1v) is 10.5. The predicted molar refractivity (Wildman–Crippen MR) is 123 cm³/mol. The number of amides is 1. The first kappa shape index (κ1) is 24.0. The number of methoxy groups -OCH3 is 3. The molecule has 1 aliphatic heterocycles. The number of allylic oxidation sites excluding steroid dienone is 1. The zero-order valence-electron chi connectivity index (χ0n) is 19.7. The van der Waals surface area contributed by atoms with Crippen LogP contribution in [0.4, 0.5) is 0 Å². The van der Waals surface area contributed by atoms with Crippen LogP contribution in [0.5, 0.6) is 0 Å². The van der Waals surface area contributed by atoms with Crippen molar-refractivity contribution in [1.29, 1.82) is 0 Å². The number of carbonyl (C=O) groups excluding carboxylic acids is 3. The highest BCUT2D eigenvalue weighted by molar-refractivity contribution is 6.16. The number of hydrogen-bond acceptors (Lipinski definition) is 6. The number of esters is 2. The van der Waals surface area contributed by atoms with E-state index in [1.54, 1.807) is 32.2 Å². The van der Waals surface area contributed by atoms with Gasteiger partial charge in [-0.2, -0.15) is 0 Å². The summed E-state index contributed by atoms with van der Waals surface area (Å²) in [5, 5.41) is 0. The Morgan fingerprint density at radius 1 is 1.00 bits per heavy atom. The molecule has 8 nitrogen and oxygen atoms in total. The van der Waals surface area contributed by atoms with E-state index in [1.165, 1.54) is 19.1 Å². The molecular formula is C25H28N2O6. The van der Waals surface area contributed by atoms with E-state index < -0.39 is 11.9 Å². The average molecular weight is 453 g/mol. The van der Waals surface area contributed by atoms with Gasteiger partial charge < -0.3 is 23.7 Å². The van der Waals surface area contributed by atoms with Crippen LogP contribution >= 0.6 is 0 Å². The fourth-order valence-electron chi connectivity index (χ4n) is 4.09. The summed E-state index contributed by atoms with van der Waals surface area (Å²) in [6, 6.07) is 9.06. The fourth-order valence-corrected chi connectivity index (χ4v) is 4.09. The van der Waals surface area contributed by atoms with Crippen molar-refractivity contribution in [2.75, 3.05) is 34.5 Å². The molecule has 0 radical (unpaired) electrons. The molecule has 0 spiro atoms. The molecule has 8 heteroatoms. The monoisotopic (exact) mass is 452 g/mol. The standard InChI is InChI=1S/C25H28N2O6/c1-15-13-18(16(2)27(15)21-10-8-7-9-19(21)24(29)32-5)14-20-22(25(30)33-6)17(3)26(23(20)28)11-12-31-4/h7-10,13-14H,11-12H2,1-6H3. The van der Waals surface area contributed by atoms with Crippen LogP contribution in [-0.2, 0) is 23.8 Å². The van der Waals surface area contributed by atoms with Gasteiger partial charge in [0.25, 0.3) is 5.91 Å². The Labute approximate surface area is 193 Å². The van der Waals surface area contributed by atoms with Crippen molar-refractivity contribution in [1.82, 2.24) is 9.47 Å². The number of carbonyl (C=O) groups is 3. The second-order valence-electron chi connectivity index (χ2n) is 7.63. The second kappa shape index (κ2) is 9.87. The number of nitrogens with zero attached hydrogens (tertiary/aromatic N) is 2. The van der Waals surface area contributed by atoms with Gasteiger partial charge in [0.05, 0.1) is 43.2 Å². The maximum Gasteiger partial charge on any atom is 0.340 e. The average Bonchev–Trinajstić information content (AvgIpc) is 3.22. The maximum absolute atomic E-state index is 13.2. The zero-order valence-corrected chi connectivity index (χ0v) is 19.7. The number of benzene rings is 1. The van der Waals surface area contributed by atoms with Crippen molar-refractivity contribution in [3.8, 4) is 5.69 Å². The molecular weight excluding hydrogens is 424 g/mol. The van der Waals surface area contributed by atoms with Gasteiger partial charge >= 0.3 is 11.9 Å². The van der Waals surface area contributed by atoms with Crippen LogP contribution in [0.15, 0.2) is 47.2 Å². The van der Waals surface area contributed by atoms with Crippen LogP contribution < -0.4 is 0 Å². The molecule has 174 valence electrons. The molecule has 0 saturated heterocycles. The third-order valence-corrected chi connectivity index (χ3v) is 5.74. The molecule has 2 heterocycles. The van der Waals surface area contributed by atoms with E-state index >= 15 is 0 Å². The van der Waals surface area contributed by atoms with Crippen LogP contribution in [0.1, 0.15) is 34.2 Å². The highest BCUT2D eigenvalue weighted by Gasteiger charge is 2.37. The molecule has 0 aliphatic carbocycles. The van der Waals surface area contributed by atoms with Crippen molar-refractivity contribution >= 4 is 23.9 Å². The molecule has 1 aliphatic rings. The summed E-state index contributed by atoms with van der Waals surface area (Å²) in [7, 11) is 4.19. The van der Waals surface area contributed by atoms with Gasteiger partial charge in [0.15, 0.2) is 0 Å². The third kappa shape index (κ3) is 4.34. The third-order valence-electron chi connectivity index (χ3n) is 5.74. The van der Waals surface area contributed by atoms with E-state index in [1.807, 2.05) is 36.6 Å². The largest absolute Gasteiger partial charge is 0.465 e. The number of rotatable bonds is 7. The van der Waals surface area contributed by atoms with Crippen LogP contribution in [0.25, 0.3) is 11.8 Å². The van der Waals surface area contributed by atoms with Crippen LogP contribution in [0.3, 0.4) is 0 Å². The second-order valence-corrected chi connectivity index (χ2v) is 7.63. The minimum absolute atomic E-state index is 0.235. The van der Waals surface area contributed by atoms with E-state index in [9.17, 15) is 14.4 Å². The summed E-state index contributed by atoms with van der Waals surface area (Å²) in [5.74, 6) is -1.30. The number of hydrogen-bond donors (Lipinski definition) is 0. The predicted octanol–water partition coefficient (Wildman–Crippen LogP) is 3.20. The normalized spacial score (nSPS) is 14.9. The molecule has 0 bridgehead atoms. The maximum atomic E-state index is 13.2. The molecule has 0 fully saturated rings. The molecule has 2 aromatic rings. The van der Waals surface area contributed by atoms with Gasteiger partial charge in [-0.3, -0.25) is 4.79 Å². The highest BCUT2D eigenvalue weighted by Crippen LogP contribution is 2.33. The SMILES string of the molecule is COCCN1C(=O)C(=Cc2cc(C)n(-c3ccccc3C(=O)OC)c2C)C(C(=O)OC)=C1C. The molecule has 0 N–H and O–H groups in total. The van der Waals surface area contributed by atoms with Crippen LogP contribution in [0, 0.1) is 13.8 Å². The van der Waals surface area contributed by atoms with E-state index in [2.05, 4.69) is 0 Å². The Morgan fingerprint density at radius 2 is 1.67 bits per heavy atom. The minimum atomic E-state index is -0.572. The zero-order chi connectivity index (χ0) is 24.3. The van der Waals surface area contributed by atoms with Crippen LogP contribution in [0.2, 0.25) is 0 Å². The quantitative estimate of drug-likeness (QED) is 0.474. The van der Waals surface area contributed by atoms with E-state index in [0.29, 0.717) is 30.1 Å². The summed E-state index contributed by atoms with van der Waals surface area (Å²) >= 11 is 0.